The van der Waals surface area contributed by atoms with Crippen molar-refractivity contribution in [3.05, 3.63) is 45.7 Å². The lowest BCUT2D eigenvalue weighted by Crippen LogP contribution is -2.55. The second-order valence-corrected chi connectivity index (χ2v) is 14.2. The summed E-state index contributed by atoms with van der Waals surface area (Å²) in [5.41, 5.74) is 2.70. The van der Waals surface area contributed by atoms with Crippen LogP contribution in [0.15, 0.2) is 40.2 Å². The summed E-state index contributed by atoms with van der Waals surface area (Å²) in [6.45, 7) is 16.5. The summed E-state index contributed by atoms with van der Waals surface area (Å²) in [4.78, 5) is 26.5. The molecule has 140 valence electrons. The molecule has 1 aromatic carbocycles. The average molecular weight is 436 g/mol. The Balaban J connectivity index is 2.90. The van der Waals surface area contributed by atoms with Crippen molar-refractivity contribution < 1.29 is 14.3 Å². The van der Waals surface area contributed by atoms with Crippen LogP contribution in [0.1, 0.15) is 33.3 Å². The summed E-state index contributed by atoms with van der Waals surface area (Å²) in [7, 11) is -2.33. The van der Waals surface area contributed by atoms with Gasteiger partial charge in [0.15, 0.2) is 5.41 Å². The van der Waals surface area contributed by atoms with Crippen LogP contribution in [-0.4, -0.2) is 26.6 Å². The first kappa shape index (κ1) is 20.7. The summed E-state index contributed by atoms with van der Waals surface area (Å²) in [6, 6.07) is 5.45. The highest BCUT2D eigenvalue weighted by Crippen LogP contribution is 2.52. The maximum absolute atomic E-state index is 13.3. The number of hydrogen-bond donors (Lipinski definition) is 1. The van der Waals surface area contributed by atoms with Gasteiger partial charge in [0.2, 0.25) is 0 Å². The first-order valence-electron chi connectivity index (χ1n) is 8.64. The van der Waals surface area contributed by atoms with Crippen molar-refractivity contribution >= 4 is 41.6 Å². The Kier molecular flexibility index (Phi) is 5.44. The molecule has 6 heteroatoms. The lowest BCUT2D eigenvalue weighted by Gasteiger charge is -2.43. The van der Waals surface area contributed by atoms with E-state index in [4.69, 9.17) is 4.74 Å². The SMILES string of the molecule is C=C=C([C@@]1(C(=O)OCC)C(=O)Nc2ccc(Br)cc21)[Si](C)(C)C(C)(C)C. The molecule has 0 saturated heterocycles. The van der Waals surface area contributed by atoms with Gasteiger partial charge in [-0.1, -0.05) is 56.4 Å². The van der Waals surface area contributed by atoms with Crippen LogP contribution in [0, 0.1) is 0 Å². The van der Waals surface area contributed by atoms with Crippen LogP contribution >= 0.6 is 15.9 Å². The summed E-state index contributed by atoms with van der Waals surface area (Å²) in [5.74, 6) is -0.953. The smallest absolute Gasteiger partial charge is 0.330 e. The van der Waals surface area contributed by atoms with E-state index in [2.05, 4.69) is 67.4 Å². The second kappa shape index (κ2) is 6.84. The molecule has 1 heterocycles. The molecule has 1 aliphatic heterocycles. The highest BCUT2D eigenvalue weighted by Gasteiger charge is 2.62. The number of rotatable bonds is 4. The van der Waals surface area contributed by atoms with Gasteiger partial charge >= 0.3 is 5.97 Å². The molecule has 1 atom stereocenters. The van der Waals surface area contributed by atoms with Crippen molar-refractivity contribution in [1.82, 2.24) is 0 Å². The fourth-order valence-electron chi connectivity index (χ4n) is 3.26. The fraction of sp³-hybridized carbons (Fsp3) is 0.450. The monoisotopic (exact) mass is 435 g/mol. The molecule has 1 aliphatic rings. The van der Waals surface area contributed by atoms with E-state index in [0.29, 0.717) is 16.4 Å². The van der Waals surface area contributed by atoms with Gasteiger partial charge in [0.25, 0.3) is 5.91 Å². The molecule has 26 heavy (non-hydrogen) atoms. The first-order valence-corrected chi connectivity index (χ1v) is 12.4. The minimum absolute atomic E-state index is 0.110. The minimum atomic E-state index is -2.33. The number of benzene rings is 1. The van der Waals surface area contributed by atoms with Gasteiger partial charge in [0.05, 0.1) is 14.7 Å². The molecule has 0 saturated carbocycles. The van der Waals surface area contributed by atoms with E-state index in [1.54, 1.807) is 13.0 Å². The number of fused-ring (bicyclic) bond motifs is 1. The first-order chi connectivity index (χ1) is 11.9. The van der Waals surface area contributed by atoms with E-state index in [1.165, 1.54) is 0 Å². The van der Waals surface area contributed by atoms with Gasteiger partial charge < -0.3 is 10.1 Å². The fourth-order valence-corrected chi connectivity index (χ4v) is 6.10. The summed E-state index contributed by atoms with van der Waals surface area (Å²) >= 11 is 3.46. The summed E-state index contributed by atoms with van der Waals surface area (Å²) in [6.07, 6.45) is 0. The standard InChI is InChI=1S/C20H26BrNO3Si/c1-8-16(26(6,7)19(3,4)5)20(18(24)25-9-2)14-12-13(21)10-11-15(14)22-17(20)23/h10-12H,1,9H2,2-7H3,(H,22,23)/t20-/m1/s1. The number of hydrogen-bond acceptors (Lipinski definition) is 3. The topological polar surface area (TPSA) is 55.4 Å². The molecule has 2 rings (SSSR count). The quantitative estimate of drug-likeness (QED) is 0.314. The molecule has 1 N–H and O–H groups in total. The molecular weight excluding hydrogens is 410 g/mol. The Morgan fingerprint density at radius 3 is 2.50 bits per heavy atom. The van der Waals surface area contributed by atoms with Crippen LogP contribution in [0.2, 0.25) is 18.1 Å². The number of amides is 1. The van der Waals surface area contributed by atoms with Crippen LogP contribution in [0.5, 0.6) is 0 Å². The Morgan fingerprint density at radius 1 is 1.38 bits per heavy atom. The Labute approximate surface area is 164 Å². The molecule has 0 aliphatic carbocycles. The van der Waals surface area contributed by atoms with Gasteiger partial charge in [-0.15, -0.1) is 5.73 Å². The Hall–Kier alpha value is -1.62. The van der Waals surface area contributed by atoms with E-state index in [1.807, 2.05) is 12.1 Å². The van der Waals surface area contributed by atoms with Gasteiger partial charge in [-0.25, -0.2) is 0 Å². The van der Waals surface area contributed by atoms with Crippen molar-refractivity contribution in [3.63, 3.8) is 0 Å². The lowest BCUT2D eigenvalue weighted by atomic mass is 9.81. The van der Waals surface area contributed by atoms with Gasteiger partial charge in [-0.05, 0) is 35.4 Å². The van der Waals surface area contributed by atoms with Crippen molar-refractivity contribution in [2.45, 2.75) is 51.2 Å². The number of esters is 1. The zero-order valence-corrected chi connectivity index (χ0v) is 18.8. The van der Waals surface area contributed by atoms with Gasteiger partial charge in [0, 0.05) is 15.7 Å². The average Bonchev–Trinajstić information content (AvgIpc) is 2.80. The van der Waals surface area contributed by atoms with E-state index < -0.39 is 19.5 Å². The summed E-state index contributed by atoms with van der Waals surface area (Å²) in [5, 5.41) is 3.41. The van der Waals surface area contributed by atoms with Gasteiger partial charge in [0.1, 0.15) is 0 Å². The molecule has 0 unspecified atom stereocenters. The molecular formula is C20H26BrNO3Si. The molecule has 0 fully saturated rings. The Bertz CT molecular complexity index is 819. The third-order valence-corrected chi connectivity index (χ3v) is 11.7. The number of carbonyl (C=O) groups is 2. The van der Waals surface area contributed by atoms with Crippen LogP contribution in [0.4, 0.5) is 5.69 Å². The second-order valence-electron chi connectivity index (χ2n) is 8.04. The molecule has 1 aromatic rings. The number of ether oxygens (including phenoxy) is 1. The largest absolute Gasteiger partial charge is 0.465 e. The maximum atomic E-state index is 13.3. The van der Waals surface area contributed by atoms with Crippen molar-refractivity contribution in [1.29, 1.82) is 0 Å². The van der Waals surface area contributed by atoms with Crippen molar-refractivity contribution in [2.24, 2.45) is 0 Å². The van der Waals surface area contributed by atoms with Crippen molar-refractivity contribution in [2.75, 3.05) is 11.9 Å². The lowest BCUT2D eigenvalue weighted by molar-refractivity contribution is -0.151. The highest BCUT2D eigenvalue weighted by atomic mass is 79.9. The van der Waals surface area contributed by atoms with Gasteiger partial charge in [-0.2, -0.15) is 0 Å². The summed E-state index contributed by atoms with van der Waals surface area (Å²) < 4.78 is 6.20. The van der Waals surface area contributed by atoms with Crippen molar-refractivity contribution in [3.8, 4) is 0 Å². The third-order valence-electron chi connectivity index (χ3n) is 5.61. The molecule has 0 spiro atoms. The third kappa shape index (κ3) is 2.90. The number of halogens is 1. The Morgan fingerprint density at radius 2 is 2.00 bits per heavy atom. The van der Waals surface area contributed by atoms with Gasteiger partial charge in [-0.3, -0.25) is 9.59 Å². The maximum Gasteiger partial charge on any atom is 0.330 e. The molecule has 0 radical (unpaired) electrons. The van der Waals surface area contributed by atoms with E-state index >= 15 is 0 Å². The van der Waals surface area contributed by atoms with E-state index in [-0.39, 0.29) is 17.6 Å². The molecule has 0 aromatic heterocycles. The van der Waals surface area contributed by atoms with Crippen LogP contribution in [0.3, 0.4) is 0 Å². The zero-order valence-electron chi connectivity index (χ0n) is 16.2. The van der Waals surface area contributed by atoms with E-state index in [0.717, 1.165) is 4.47 Å². The minimum Gasteiger partial charge on any atom is -0.465 e. The normalized spacial score (nSPS) is 19.4. The van der Waals surface area contributed by atoms with E-state index in [9.17, 15) is 9.59 Å². The number of nitrogens with one attached hydrogen (secondary N) is 1. The molecule has 1 amide bonds. The predicted molar refractivity (Wildman–Crippen MR) is 111 cm³/mol. The number of carbonyl (C=O) groups excluding carboxylic acids is 2. The van der Waals surface area contributed by atoms with Crippen LogP contribution < -0.4 is 5.32 Å². The zero-order chi connectivity index (χ0) is 19.9. The molecule has 4 nitrogen and oxygen atoms in total. The predicted octanol–water partition coefficient (Wildman–Crippen LogP) is 4.96. The van der Waals surface area contributed by atoms with Crippen LogP contribution in [0.25, 0.3) is 0 Å². The number of anilines is 1. The van der Waals surface area contributed by atoms with Crippen LogP contribution in [-0.2, 0) is 19.7 Å². The highest BCUT2D eigenvalue weighted by molar-refractivity contribution is 9.10. The molecule has 0 bridgehead atoms.